The number of fused-ring (bicyclic) bond motifs is 1. The molecule has 3 heteroatoms. The first kappa shape index (κ1) is 6.65. The fourth-order valence-electron chi connectivity index (χ4n) is 0.663. The van der Waals surface area contributed by atoms with E-state index >= 15 is 0 Å². The summed E-state index contributed by atoms with van der Waals surface area (Å²) in [4.78, 5) is 8.51. The van der Waals surface area contributed by atoms with Crippen molar-refractivity contribution in [1.29, 1.82) is 0 Å². The second kappa shape index (κ2) is 2.90. The third-order valence-corrected chi connectivity index (χ3v) is 1.25. The molecule has 0 saturated heterocycles. The molecule has 2 nitrogen and oxygen atoms in total. The minimum absolute atomic E-state index is 0.639. The predicted molar refractivity (Wildman–Crippen MR) is 34.7 cm³/mol. The van der Waals surface area contributed by atoms with Crippen molar-refractivity contribution < 1.29 is 9.28 Å². The molecule has 2 rings (SSSR count). The first-order valence-electron chi connectivity index (χ1n) is 2.67. The molecule has 0 atom stereocenters. The van der Waals surface area contributed by atoms with Gasteiger partial charge in [-0.05, 0) is 11.1 Å². The Bertz CT molecular complexity index is 240. The van der Waals surface area contributed by atoms with Crippen molar-refractivity contribution in [3.63, 3.8) is 0 Å². The molecule has 0 saturated carbocycles. The van der Waals surface area contributed by atoms with Gasteiger partial charge in [-0.2, -0.15) is 0 Å². The largest absolute Gasteiger partial charge is 0.269 e. The second-order valence-electron chi connectivity index (χ2n) is 1.75. The Morgan fingerprint density at radius 2 is 1.50 bits per heavy atom. The molecule has 0 radical (unpaired) electrons. The summed E-state index contributed by atoms with van der Waals surface area (Å²) in [5, 5.41) is 1.43. The highest BCUT2D eigenvalue weighted by atomic mass is 19.2. The lowest BCUT2D eigenvalue weighted by Crippen LogP contribution is -1.85. The number of carbonyl (C=O) groups excluding carboxylic acids is 1. The molecule has 0 amide bonds. The highest BCUT2D eigenvalue weighted by Crippen LogP contribution is 2.29. The molecular formula is C7H4FNO. The Morgan fingerprint density at radius 3 is 1.50 bits per heavy atom. The van der Waals surface area contributed by atoms with E-state index in [1.165, 1.54) is 16.3 Å². The quantitative estimate of drug-likeness (QED) is 0.402. The summed E-state index contributed by atoms with van der Waals surface area (Å²) >= 11 is 0. The average molecular weight is 137 g/mol. The Balaban J connectivity index is 0.000000112. The Kier molecular flexibility index (Phi) is 1.92. The lowest BCUT2D eigenvalue weighted by Gasteiger charge is -2.10. The summed E-state index contributed by atoms with van der Waals surface area (Å²) in [6.45, 7) is 0. The van der Waals surface area contributed by atoms with Crippen LogP contribution < -0.4 is 0 Å². The maximum atomic E-state index is 9.92. The minimum Gasteiger partial charge on any atom is -0.209 e. The molecule has 0 unspecified atom stereocenters. The summed E-state index contributed by atoms with van der Waals surface area (Å²) in [6, 6.07) is 8.48. The van der Waals surface area contributed by atoms with Gasteiger partial charge in [-0.25, -0.2) is 4.79 Å². The van der Waals surface area contributed by atoms with Crippen LogP contribution >= 0.6 is 0 Å². The summed E-state index contributed by atoms with van der Waals surface area (Å²) in [6.07, 6.45) is 0.639. The zero-order chi connectivity index (χ0) is 7.40. The van der Waals surface area contributed by atoms with Gasteiger partial charge in [-0.3, -0.25) is 0 Å². The van der Waals surface area contributed by atoms with Crippen molar-refractivity contribution in [3.8, 4) is 11.1 Å². The van der Waals surface area contributed by atoms with Crippen LogP contribution in [0.5, 0.6) is 0 Å². The number of nitrogens with zero attached hydrogens (tertiary/aromatic N) is 1. The number of benzene rings is 1. The van der Waals surface area contributed by atoms with E-state index in [-0.39, 0.29) is 0 Å². The average Bonchev–Trinajstić information content (AvgIpc) is 1.97. The number of hydrogen-bond donors (Lipinski definition) is 0. The van der Waals surface area contributed by atoms with Crippen LogP contribution in [0.1, 0.15) is 0 Å². The van der Waals surface area contributed by atoms with Crippen molar-refractivity contribution in [2.75, 3.05) is 0 Å². The lowest BCUT2D eigenvalue weighted by atomic mass is 9.95. The smallest absolute Gasteiger partial charge is 0.209 e. The van der Waals surface area contributed by atoms with Crippen LogP contribution in [-0.4, -0.2) is 6.08 Å². The third-order valence-electron chi connectivity index (χ3n) is 1.25. The van der Waals surface area contributed by atoms with Crippen molar-refractivity contribution in [2.24, 2.45) is 5.21 Å². The zero-order valence-electron chi connectivity index (χ0n) is 5.04. The number of halogens is 1. The molecule has 2 aliphatic rings. The molecule has 0 spiro atoms. The van der Waals surface area contributed by atoms with Gasteiger partial charge in [-0.15, -0.1) is 0 Å². The molecule has 0 aliphatic heterocycles. The van der Waals surface area contributed by atoms with Crippen LogP contribution in [0, 0.1) is 0 Å². The highest BCUT2D eigenvalue weighted by molar-refractivity contribution is 5.75. The molecule has 0 aromatic rings. The first-order chi connectivity index (χ1) is 4.88. The summed E-state index contributed by atoms with van der Waals surface area (Å²) < 4.78 is 9.92. The maximum Gasteiger partial charge on any atom is 0.269 e. The van der Waals surface area contributed by atoms with Crippen LogP contribution in [0.15, 0.2) is 29.5 Å². The molecule has 10 heavy (non-hydrogen) atoms. The lowest BCUT2D eigenvalue weighted by molar-refractivity contribution is 0.501. The predicted octanol–water partition coefficient (Wildman–Crippen LogP) is 1.87. The molecular weight excluding hydrogens is 133 g/mol. The molecule has 0 bridgehead atoms. The molecule has 2 aliphatic carbocycles. The van der Waals surface area contributed by atoms with Crippen LogP contribution in [0.4, 0.5) is 4.48 Å². The van der Waals surface area contributed by atoms with Gasteiger partial charge in [0.1, 0.15) is 0 Å². The Morgan fingerprint density at radius 1 is 1.20 bits per heavy atom. The normalized spacial score (nSPS) is 8.50. The first-order valence-corrected chi connectivity index (χ1v) is 2.67. The van der Waals surface area contributed by atoms with Crippen LogP contribution in [0.2, 0.25) is 0 Å². The zero-order valence-corrected chi connectivity index (χ0v) is 5.04. The van der Waals surface area contributed by atoms with Gasteiger partial charge in [0.25, 0.3) is 6.08 Å². The number of isocyanates is 1. The van der Waals surface area contributed by atoms with Crippen LogP contribution in [0.3, 0.4) is 0 Å². The monoisotopic (exact) mass is 137 g/mol. The fourth-order valence-corrected chi connectivity index (χ4v) is 0.663. The van der Waals surface area contributed by atoms with Gasteiger partial charge in [0.15, 0.2) is 0 Å². The Hall–Kier alpha value is -1.47. The molecule has 50 valence electrons. The number of rotatable bonds is 0. The van der Waals surface area contributed by atoms with Gasteiger partial charge < -0.3 is 0 Å². The maximum absolute atomic E-state index is 9.92. The number of hydrogen-bond acceptors (Lipinski definition) is 2. The van der Waals surface area contributed by atoms with E-state index in [0.717, 1.165) is 0 Å². The van der Waals surface area contributed by atoms with E-state index in [1.54, 1.807) is 0 Å². The van der Waals surface area contributed by atoms with E-state index in [9.17, 15) is 4.48 Å². The van der Waals surface area contributed by atoms with Gasteiger partial charge in [-0.1, -0.05) is 28.7 Å². The second-order valence-corrected chi connectivity index (χ2v) is 1.75. The molecule has 0 N–H and O–H groups in total. The SMILES string of the molecule is O=C=NF.c1cc2ccc1-2. The van der Waals surface area contributed by atoms with E-state index in [2.05, 4.69) is 24.3 Å². The summed E-state index contributed by atoms with van der Waals surface area (Å²) in [7, 11) is 0. The highest BCUT2D eigenvalue weighted by Gasteiger charge is 2.03. The van der Waals surface area contributed by atoms with E-state index in [0.29, 0.717) is 6.08 Å². The van der Waals surface area contributed by atoms with E-state index in [1.807, 2.05) is 0 Å². The minimum atomic E-state index is 0.639. The van der Waals surface area contributed by atoms with E-state index in [4.69, 9.17) is 4.79 Å². The Labute approximate surface area is 57.0 Å². The van der Waals surface area contributed by atoms with Crippen molar-refractivity contribution in [1.82, 2.24) is 0 Å². The van der Waals surface area contributed by atoms with Gasteiger partial charge in [0.05, 0.1) is 0 Å². The third kappa shape index (κ3) is 1.09. The molecule has 0 heterocycles. The van der Waals surface area contributed by atoms with Crippen molar-refractivity contribution >= 4 is 6.08 Å². The molecule has 0 aromatic heterocycles. The fraction of sp³-hybridized carbons (Fsp3) is 0. The van der Waals surface area contributed by atoms with Crippen LogP contribution in [0.25, 0.3) is 11.1 Å². The molecule has 0 fully saturated rings. The van der Waals surface area contributed by atoms with Gasteiger partial charge in [0, 0.05) is 5.21 Å². The summed E-state index contributed by atoms with van der Waals surface area (Å²) in [5.74, 6) is 0. The van der Waals surface area contributed by atoms with Gasteiger partial charge >= 0.3 is 0 Å². The van der Waals surface area contributed by atoms with Gasteiger partial charge in [0.2, 0.25) is 0 Å². The van der Waals surface area contributed by atoms with Crippen molar-refractivity contribution in [3.05, 3.63) is 24.3 Å². The van der Waals surface area contributed by atoms with Crippen molar-refractivity contribution in [2.45, 2.75) is 0 Å². The standard InChI is InChI=1S/C6H4.CFNO/c1-2-6-4-3-5(1)6;2-3-1-4/h1-4H;. The summed E-state index contributed by atoms with van der Waals surface area (Å²) in [5.41, 5.74) is 2.85. The van der Waals surface area contributed by atoms with E-state index < -0.39 is 0 Å². The topological polar surface area (TPSA) is 29.4 Å². The molecule has 0 aromatic carbocycles. The van der Waals surface area contributed by atoms with Crippen LogP contribution in [-0.2, 0) is 4.79 Å².